The number of nitrogens with zero attached hydrogens (tertiary/aromatic N) is 1. The van der Waals surface area contributed by atoms with E-state index in [4.69, 9.17) is 49.6 Å². The summed E-state index contributed by atoms with van der Waals surface area (Å²) in [6.07, 6.45) is 1.82. The van der Waals surface area contributed by atoms with Crippen LogP contribution in [0.2, 0.25) is 10.0 Å². The summed E-state index contributed by atoms with van der Waals surface area (Å²) in [5.74, 6) is 1.81. The predicted molar refractivity (Wildman–Crippen MR) is 150 cm³/mol. The highest BCUT2D eigenvalue weighted by atomic mass is 35.5. The van der Waals surface area contributed by atoms with Crippen molar-refractivity contribution < 1.29 is 19.0 Å². The lowest BCUT2D eigenvalue weighted by molar-refractivity contribution is -0.122. The van der Waals surface area contributed by atoms with Crippen molar-refractivity contribution in [2.24, 2.45) is 0 Å². The molecule has 4 rings (SSSR count). The summed E-state index contributed by atoms with van der Waals surface area (Å²) in [7, 11) is 1.62. The van der Waals surface area contributed by atoms with E-state index in [2.05, 4.69) is 0 Å². The molecule has 1 fully saturated rings. The van der Waals surface area contributed by atoms with Gasteiger partial charge >= 0.3 is 0 Å². The largest absolute Gasteiger partial charge is 0.497 e. The van der Waals surface area contributed by atoms with Crippen LogP contribution in [0, 0.1) is 0 Å². The molecule has 1 amide bonds. The number of halogens is 2. The van der Waals surface area contributed by atoms with Gasteiger partial charge in [-0.05, 0) is 66.1 Å². The Morgan fingerprint density at radius 1 is 0.944 bits per heavy atom. The Morgan fingerprint density at radius 2 is 1.69 bits per heavy atom. The van der Waals surface area contributed by atoms with Gasteiger partial charge in [0.1, 0.15) is 16.7 Å². The van der Waals surface area contributed by atoms with E-state index in [0.29, 0.717) is 50.5 Å². The topological polar surface area (TPSA) is 48.0 Å². The Balaban J connectivity index is 1.49. The highest BCUT2D eigenvalue weighted by Gasteiger charge is 2.32. The van der Waals surface area contributed by atoms with Crippen LogP contribution < -0.4 is 14.2 Å². The minimum atomic E-state index is -0.126. The van der Waals surface area contributed by atoms with Crippen LogP contribution >= 0.6 is 47.2 Å². The van der Waals surface area contributed by atoms with Crippen LogP contribution in [0.15, 0.2) is 65.6 Å². The second-order valence-corrected chi connectivity index (χ2v) is 10.3. The van der Waals surface area contributed by atoms with Crippen LogP contribution in [-0.4, -0.2) is 28.8 Å². The van der Waals surface area contributed by atoms with E-state index in [1.165, 1.54) is 11.8 Å². The lowest BCUT2D eigenvalue weighted by atomic mass is 10.1. The Kier molecular flexibility index (Phi) is 8.80. The van der Waals surface area contributed by atoms with Crippen LogP contribution in [0.5, 0.6) is 17.2 Å². The third-order valence-corrected chi connectivity index (χ3v) is 7.43. The molecule has 0 atom stereocenters. The molecule has 0 radical (unpaired) electrons. The normalized spacial score (nSPS) is 14.4. The Bertz CT molecular complexity index is 1310. The van der Waals surface area contributed by atoms with E-state index in [-0.39, 0.29) is 5.91 Å². The number of ether oxygens (including phenoxy) is 3. The molecule has 0 N–H and O–H groups in total. The summed E-state index contributed by atoms with van der Waals surface area (Å²) in [4.78, 5) is 15.2. The SMILES string of the molecule is CCOc1cc(C=C2SC(=S)N(Cc3ccc(OC)cc3)C2=O)ccc1OCc1ccc(Cl)c(Cl)c1. The van der Waals surface area contributed by atoms with Gasteiger partial charge in [0.25, 0.3) is 5.91 Å². The first-order valence-corrected chi connectivity index (χ1v) is 13.1. The molecule has 0 aliphatic carbocycles. The second-order valence-electron chi connectivity index (χ2n) is 7.79. The average molecular weight is 561 g/mol. The van der Waals surface area contributed by atoms with Gasteiger partial charge in [-0.25, -0.2) is 0 Å². The van der Waals surface area contributed by atoms with Gasteiger partial charge < -0.3 is 14.2 Å². The maximum absolute atomic E-state index is 13.1. The van der Waals surface area contributed by atoms with Gasteiger partial charge in [0.2, 0.25) is 0 Å². The van der Waals surface area contributed by atoms with Gasteiger partial charge in [0, 0.05) is 0 Å². The first-order valence-electron chi connectivity index (χ1n) is 11.1. The summed E-state index contributed by atoms with van der Waals surface area (Å²) in [6.45, 7) is 3.08. The number of carbonyl (C=O) groups excluding carboxylic acids is 1. The van der Waals surface area contributed by atoms with Crippen molar-refractivity contribution in [3.63, 3.8) is 0 Å². The van der Waals surface area contributed by atoms with E-state index in [0.717, 1.165) is 22.4 Å². The highest BCUT2D eigenvalue weighted by molar-refractivity contribution is 8.26. The lowest BCUT2D eigenvalue weighted by Crippen LogP contribution is -2.27. The van der Waals surface area contributed by atoms with Crippen molar-refractivity contribution in [3.05, 3.63) is 92.3 Å². The molecule has 0 bridgehead atoms. The lowest BCUT2D eigenvalue weighted by Gasteiger charge is -2.15. The molecule has 5 nitrogen and oxygen atoms in total. The summed E-state index contributed by atoms with van der Waals surface area (Å²) in [6, 6.07) is 18.5. The monoisotopic (exact) mass is 559 g/mol. The summed E-state index contributed by atoms with van der Waals surface area (Å²) >= 11 is 18.9. The molecule has 1 aliphatic heterocycles. The van der Waals surface area contributed by atoms with Crippen molar-refractivity contribution in [2.45, 2.75) is 20.1 Å². The summed E-state index contributed by atoms with van der Waals surface area (Å²) in [5, 5.41) is 0.969. The molecule has 1 aliphatic rings. The average Bonchev–Trinajstić information content (AvgIpc) is 3.13. The summed E-state index contributed by atoms with van der Waals surface area (Å²) < 4.78 is 17.5. The zero-order valence-corrected chi connectivity index (χ0v) is 22.8. The standard InChI is InChI=1S/C27H23Cl2NO4S2/c1-3-33-24-13-18(7-11-23(24)34-16-19-6-10-21(28)22(29)12-19)14-25-26(31)30(27(35)36-25)15-17-4-8-20(32-2)9-5-17/h4-14H,3,15-16H2,1-2H3. The summed E-state index contributed by atoms with van der Waals surface area (Å²) in [5.41, 5.74) is 2.66. The molecule has 0 aromatic heterocycles. The molecule has 36 heavy (non-hydrogen) atoms. The molecule has 9 heteroatoms. The van der Waals surface area contributed by atoms with Gasteiger partial charge in [-0.3, -0.25) is 9.69 Å². The van der Waals surface area contributed by atoms with Crippen LogP contribution in [-0.2, 0) is 17.9 Å². The van der Waals surface area contributed by atoms with Gasteiger partial charge in [-0.15, -0.1) is 0 Å². The van der Waals surface area contributed by atoms with Crippen LogP contribution in [0.25, 0.3) is 6.08 Å². The number of benzene rings is 3. The second kappa shape index (κ2) is 12.0. The fourth-order valence-corrected chi connectivity index (χ4v) is 5.07. The number of thioether (sulfide) groups is 1. The molecule has 1 saturated heterocycles. The van der Waals surface area contributed by atoms with Crippen molar-refractivity contribution in [1.82, 2.24) is 4.90 Å². The molecular formula is C27H23Cl2NO4S2. The first-order chi connectivity index (χ1) is 17.4. The maximum Gasteiger partial charge on any atom is 0.266 e. The molecule has 0 spiro atoms. The third-order valence-electron chi connectivity index (χ3n) is 5.32. The Labute approximate surface area is 229 Å². The number of carbonyl (C=O) groups is 1. The molecule has 3 aromatic carbocycles. The van der Waals surface area contributed by atoms with E-state index in [1.54, 1.807) is 24.1 Å². The number of thiocarbonyl (C=S) groups is 1. The van der Waals surface area contributed by atoms with Crippen molar-refractivity contribution in [3.8, 4) is 17.2 Å². The van der Waals surface area contributed by atoms with Crippen molar-refractivity contribution in [1.29, 1.82) is 0 Å². The van der Waals surface area contributed by atoms with E-state index >= 15 is 0 Å². The number of rotatable bonds is 9. The number of methoxy groups -OCH3 is 1. The maximum atomic E-state index is 13.1. The fraction of sp³-hybridized carbons (Fsp3) is 0.185. The molecule has 0 unspecified atom stereocenters. The molecular weight excluding hydrogens is 537 g/mol. The van der Waals surface area contributed by atoms with Crippen molar-refractivity contribution >= 4 is 63.5 Å². The highest BCUT2D eigenvalue weighted by Crippen LogP contribution is 2.36. The van der Waals surface area contributed by atoms with Crippen LogP contribution in [0.3, 0.4) is 0 Å². The quantitative estimate of drug-likeness (QED) is 0.201. The van der Waals surface area contributed by atoms with Gasteiger partial charge in [-0.1, -0.05) is 71.4 Å². The smallest absolute Gasteiger partial charge is 0.266 e. The van der Waals surface area contributed by atoms with Crippen LogP contribution in [0.4, 0.5) is 0 Å². The van der Waals surface area contributed by atoms with Gasteiger partial charge in [-0.2, -0.15) is 0 Å². The Morgan fingerprint density at radius 3 is 2.39 bits per heavy atom. The minimum absolute atomic E-state index is 0.126. The zero-order chi connectivity index (χ0) is 25.7. The number of amides is 1. The van der Waals surface area contributed by atoms with Gasteiger partial charge in [0.05, 0.1) is 35.2 Å². The zero-order valence-electron chi connectivity index (χ0n) is 19.6. The molecule has 0 saturated carbocycles. The van der Waals surface area contributed by atoms with Gasteiger partial charge in [0.15, 0.2) is 11.5 Å². The van der Waals surface area contributed by atoms with Crippen LogP contribution in [0.1, 0.15) is 23.6 Å². The van der Waals surface area contributed by atoms with Crippen molar-refractivity contribution in [2.75, 3.05) is 13.7 Å². The predicted octanol–water partition coefficient (Wildman–Crippen LogP) is 7.38. The third kappa shape index (κ3) is 6.34. The van der Waals surface area contributed by atoms with E-state index in [9.17, 15) is 4.79 Å². The molecule has 3 aromatic rings. The molecule has 186 valence electrons. The molecule has 1 heterocycles. The minimum Gasteiger partial charge on any atom is -0.497 e. The Hall–Kier alpha value is -2.71. The number of hydrogen-bond acceptors (Lipinski definition) is 6. The van der Waals surface area contributed by atoms with E-state index < -0.39 is 0 Å². The number of hydrogen-bond donors (Lipinski definition) is 0. The fourth-order valence-electron chi connectivity index (χ4n) is 3.49. The first kappa shape index (κ1) is 26.4. The van der Waals surface area contributed by atoms with E-state index in [1.807, 2.05) is 61.5 Å².